The largest absolute Gasteiger partial charge is 0.330 e. The topological polar surface area (TPSA) is 66.9 Å². The summed E-state index contributed by atoms with van der Waals surface area (Å²) in [5.74, 6) is 0.247. The minimum absolute atomic E-state index is 0.0502. The van der Waals surface area contributed by atoms with Gasteiger partial charge in [-0.3, -0.25) is 4.79 Å². The molecule has 0 unspecified atom stereocenters. The molecule has 1 amide bonds. The van der Waals surface area contributed by atoms with E-state index in [9.17, 15) is 4.79 Å². The Hall–Kier alpha value is -2.38. The van der Waals surface area contributed by atoms with Gasteiger partial charge in [-0.15, -0.1) is 10.2 Å². The quantitative estimate of drug-likeness (QED) is 0.555. The van der Waals surface area contributed by atoms with Crippen LogP contribution < -0.4 is 10.6 Å². The van der Waals surface area contributed by atoms with Crippen LogP contribution in [0.2, 0.25) is 0 Å². The lowest BCUT2D eigenvalue weighted by atomic mass is 10.1. The average molecular weight is 399 g/mol. The molecule has 0 saturated carbocycles. The number of carbonyl (C=O) groups is 1. The van der Waals surface area contributed by atoms with Crippen molar-refractivity contribution in [2.45, 2.75) is 32.0 Å². The number of anilines is 3. The molecule has 1 heterocycles. The Kier molecular flexibility index (Phi) is 6.13. The van der Waals surface area contributed by atoms with Crippen LogP contribution in [0.1, 0.15) is 22.3 Å². The maximum absolute atomic E-state index is 12.2. The molecule has 3 aromatic rings. The van der Waals surface area contributed by atoms with E-state index in [2.05, 4.69) is 52.9 Å². The molecule has 0 fully saturated rings. The second-order valence-corrected chi connectivity index (χ2v) is 8.65. The molecule has 0 spiro atoms. The summed E-state index contributed by atoms with van der Waals surface area (Å²) >= 11 is 2.83. The fraction of sp³-hybridized carbons (Fsp3) is 0.250. The molecule has 0 bridgehead atoms. The first-order valence-electron chi connectivity index (χ1n) is 8.58. The van der Waals surface area contributed by atoms with Gasteiger partial charge in [-0.1, -0.05) is 46.9 Å². The average Bonchev–Trinajstić information content (AvgIpc) is 3.06. The summed E-state index contributed by atoms with van der Waals surface area (Å²) in [6, 6.07) is 12.2. The van der Waals surface area contributed by atoms with Crippen LogP contribution in [0.5, 0.6) is 0 Å². The molecule has 0 saturated heterocycles. The number of aromatic nitrogens is 2. The molecule has 0 aliphatic carbocycles. The minimum Gasteiger partial charge on any atom is -0.330 e. The molecule has 7 heteroatoms. The Bertz CT molecular complexity index is 968. The number of nitrogens with zero attached hydrogens (tertiary/aromatic N) is 2. The molecule has 2 aromatic carbocycles. The third-order valence-corrected chi connectivity index (χ3v) is 6.12. The number of nitrogens with one attached hydrogen (secondary N) is 2. The number of benzene rings is 2. The van der Waals surface area contributed by atoms with Gasteiger partial charge in [0.15, 0.2) is 4.34 Å². The SMILES string of the molecule is Cc1ccc(NC(=O)CSc2nnc(Nc3ccc(C)c(C)c3)s2)c(C)c1. The lowest BCUT2D eigenvalue weighted by molar-refractivity contribution is -0.113. The van der Waals surface area contributed by atoms with Crippen LogP contribution in [0.4, 0.5) is 16.5 Å². The molecule has 0 atom stereocenters. The van der Waals surface area contributed by atoms with Crippen molar-refractivity contribution in [3.05, 3.63) is 58.7 Å². The smallest absolute Gasteiger partial charge is 0.234 e. The van der Waals surface area contributed by atoms with Crippen molar-refractivity contribution in [1.29, 1.82) is 0 Å². The standard InChI is InChI=1S/C20H22N4OS2/c1-12-5-8-17(15(4)9-12)22-18(25)11-26-20-24-23-19(27-20)21-16-7-6-13(2)14(3)10-16/h5-10H,11H2,1-4H3,(H,21,23)(H,22,25). The Morgan fingerprint density at radius 3 is 2.56 bits per heavy atom. The number of hydrogen-bond acceptors (Lipinski definition) is 6. The Balaban J connectivity index is 1.54. The van der Waals surface area contributed by atoms with E-state index in [1.54, 1.807) is 0 Å². The summed E-state index contributed by atoms with van der Waals surface area (Å²) in [7, 11) is 0. The third kappa shape index (κ3) is 5.30. The van der Waals surface area contributed by atoms with Gasteiger partial charge in [-0.05, 0) is 62.6 Å². The normalized spacial score (nSPS) is 10.7. The number of aryl methyl sites for hydroxylation is 4. The van der Waals surface area contributed by atoms with E-state index in [1.807, 2.05) is 32.0 Å². The van der Waals surface area contributed by atoms with Crippen LogP contribution in [0.3, 0.4) is 0 Å². The lowest BCUT2D eigenvalue weighted by Crippen LogP contribution is -2.14. The van der Waals surface area contributed by atoms with E-state index >= 15 is 0 Å². The van der Waals surface area contributed by atoms with Crippen molar-refractivity contribution >= 4 is 45.5 Å². The first-order chi connectivity index (χ1) is 12.9. The van der Waals surface area contributed by atoms with E-state index in [4.69, 9.17) is 0 Å². The molecular formula is C20H22N4OS2. The van der Waals surface area contributed by atoms with Crippen molar-refractivity contribution in [3.8, 4) is 0 Å². The molecule has 27 heavy (non-hydrogen) atoms. The fourth-order valence-electron chi connectivity index (χ4n) is 2.53. The number of rotatable bonds is 6. The number of hydrogen-bond donors (Lipinski definition) is 2. The second kappa shape index (κ2) is 8.54. The van der Waals surface area contributed by atoms with Crippen LogP contribution in [0, 0.1) is 27.7 Å². The molecule has 0 radical (unpaired) electrons. The van der Waals surface area contributed by atoms with Crippen molar-refractivity contribution in [3.63, 3.8) is 0 Å². The summed E-state index contributed by atoms with van der Waals surface area (Å²) < 4.78 is 0.761. The molecule has 140 valence electrons. The molecule has 2 N–H and O–H groups in total. The van der Waals surface area contributed by atoms with Crippen LogP contribution in [-0.4, -0.2) is 21.9 Å². The first-order valence-corrected chi connectivity index (χ1v) is 10.4. The number of amides is 1. The van der Waals surface area contributed by atoms with E-state index in [-0.39, 0.29) is 5.91 Å². The number of carbonyl (C=O) groups excluding carboxylic acids is 1. The highest BCUT2D eigenvalue weighted by atomic mass is 32.2. The predicted octanol–water partition coefficient (Wildman–Crippen LogP) is 5.25. The lowest BCUT2D eigenvalue weighted by Gasteiger charge is -2.08. The van der Waals surface area contributed by atoms with E-state index in [0.29, 0.717) is 5.75 Å². The van der Waals surface area contributed by atoms with Gasteiger partial charge < -0.3 is 10.6 Å². The van der Waals surface area contributed by atoms with Crippen molar-refractivity contribution < 1.29 is 4.79 Å². The first kappa shape index (κ1) is 19.4. The van der Waals surface area contributed by atoms with E-state index in [1.165, 1.54) is 39.8 Å². The third-order valence-electron chi connectivity index (χ3n) is 4.15. The summed E-state index contributed by atoms with van der Waals surface area (Å²) in [6.45, 7) is 8.19. The van der Waals surface area contributed by atoms with Crippen LogP contribution in [-0.2, 0) is 4.79 Å². The molecular weight excluding hydrogens is 376 g/mol. The highest BCUT2D eigenvalue weighted by Gasteiger charge is 2.10. The molecule has 1 aromatic heterocycles. The van der Waals surface area contributed by atoms with Gasteiger partial charge >= 0.3 is 0 Å². The number of thioether (sulfide) groups is 1. The summed E-state index contributed by atoms with van der Waals surface area (Å²) in [5, 5.41) is 15.2. The maximum atomic E-state index is 12.2. The Labute approximate surface area is 167 Å². The van der Waals surface area contributed by atoms with Crippen molar-refractivity contribution in [1.82, 2.24) is 10.2 Å². The molecule has 0 aliphatic rings. The Morgan fingerprint density at radius 1 is 1.00 bits per heavy atom. The second-order valence-electron chi connectivity index (χ2n) is 6.45. The van der Waals surface area contributed by atoms with Gasteiger partial charge in [0, 0.05) is 11.4 Å². The zero-order chi connectivity index (χ0) is 19.4. The molecule has 0 aliphatic heterocycles. The predicted molar refractivity (Wildman–Crippen MR) is 114 cm³/mol. The zero-order valence-electron chi connectivity index (χ0n) is 15.8. The zero-order valence-corrected chi connectivity index (χ0v) is 17.4. The van der Waals surface area contributed by atoms with Crippen molar-refractivity contribution in [2.24, 2.45) is 0 Å². The highest BCUT2D eigenvalue weighted by molar-refractivity contribution is 8.01. The Morgan fingerprint density at radius 2 is 1.81 bits per heavy atom. The molecule has 5 nitrogen and oxygen atoms in total. The highest BCUT2D eigenvalue weighted by Crippen LogP contribution is 2.28. The molecule has 3 rings (SSSR count). The summed E-state index contributed by atoms with van der Waals surface area (Å²) in [4.78, 5) is 12.2. The summed E-state index contributed by atoms with van der Waals surface area (Å²) in [6.07, 6.45) is 0. The van der Waals surface area contributed by atoms with Crippen LogP contribution in [0.15, 0.2) is 40.7 Å². The van der Waals surface area contributed by atoms with Crippen LogP contribution in [0.25, 0.3) is 0 Å². The van der Waals surface area contributed by atoms with Gasteiger partial charge in [0.1, 0.15) is 0 Å². The van der Waals surface area contributed by atoms with Gasteiger partial charge in [0.25, 0.3) is 0 Å². The van der Waals surface area contributed by atoms with Crippen molar-refractivity contribution in [2.75, 3.05) is 16.4 Å². The van der Waals surface area contributed by atoms with Gasteiger partial charge in [0.05, 0.1) is 5.75 Å². The fourth-order valence-corrected chi connectivity index (χ4v) is 4.10. The van der Waals surface area contributed by atoms with Gasteiger partial charge in [-0.25, -0.2) is 0 Å². The van der Waals surface area contributed by atoms with Crippen LogP contribution >= 0.6 is 23.1 Å². The monoisotopic (exact) mass is 398 g/mol. The maximum Gasteiger partial charge on any atom is 0.234 e. The summed E-state index contributed by atoms with van der Waals surface area (Å²) in [5.41, 5.74) is 6.55. The van der Waals surface area contributed by atoms with Gasteiger partial charge in [0.2, 0.25) is 11.0 Å². The van der Waals surface area contributed by atoms with E-state index < -0.39 is 0 Å². The minimum atomic E-state index is -0.0502. The van der Waals surface area contributed by atoms with Gasteiger partial charge in [-0.2, -0.15) is 0 Å². The van der Waals surface area contributed by atoms with E-state index in [0.717, 1.165) is 26.4 Å².